The Morgan fingerprint density at radius 1 is 1.30 bits per heavy atom. The summed E-state index contributed by atoms with van der Waals surface area (Å²) in [5.41, 5.74) is 0.590. The first kappa shape index (κ1) is 18.4. The Bertz CT molecular complexity index is 944. The second kappa shape index (κ2) is 6.60. The fourth-order valence-corrected chi connectivity index (χ4v) is 5.56. The van der Waals surface area contributed by atoms with Crippen LogP contribution in [0.5, 0.6) is 5.75 Å². The van der Waals surface area contributed by atoms with Crippen LogP contribution in [0, 0.1) is 0 Å². The van der Waals surface area contributed by atoms with E-state index in [1.807, 2.05) is 32.9 Å². The molecule has 2 aliphatic heterocycles. The fourth-order valence-electron chi connectivity index (χ4n) is 3.93. The van der Waals surface area contributed by atoms with Crippen LogP contribution in [-0.2, 0) is 22.9 Å². The molecule has 1 saturated heterocycles. The van der Waals surface area contributed by atoms with Crippen LogP contribution in [0.4, 0.5) is 0 Å². The minimum atomic E-state index is -3.58. The van der Waals surface area contributed by atoms with E-state index in [0.717, 1.165) is 42.9 Å². The van der Waals surface area contributed by atoms with Crippen LogP contribution in [-0.4, -0.2) is 46.6 Å². The van der Waals surface area contributed by atoms with E-state index in [9.17, 15) is 8.42 Å². The van der Waals surface area contributed by atoms with Gasteiger partial charge in [-0.1, -0.05) is 19.1 Å². The first-order valence-electron chi connectivity index (χ1n) is 9.52. The molecule has 7 nitrogen and oxygen atoms in total. The van der Waals surface area contributed by atoms with E-state index in [1.165, 1.54) is 0 Å². The molecule has 1 N–H and O–H groups in total. The Kier molecular flexibility index (Phi) is 4.50. The third-order valence-corrected chi connectivity index (χ3v) is 7.30. The Labute approximate surface area is 160 Å². The van der Waals surface area contributed by atoms with Gasteiger partial charge < -0.3 is 4.74 Å². The molecule has 146 valence electrons. The third-order valence-electron chi connectivity index (χ3n) is 5.38. The number of sulfonamides is 1. The van der Waals surface area contributed by atoms with E-state index < -0.39 is 10.0 Å². The van der Waals surface area contributed by atoms with Crippen molar-refractivity contribution in [3.63, 3.8) is 0 Å². The number of benzene rings is 1. The van der Waals surface area contributed by atoms with Gasteiger partial charge in [-0.2, -0.15) is 9.40 Å². The summed E-state index contributed by atoms with van der Waals surface area (Å²) in [7, 11) is -3.58. The van der Waals surface area contributed by atoms with E-state index in [2.05, 4.69) is 15.2 Å². The molecular formula is C19H26N4O3S. The van der Waals surface area contributed by atoms with Gasteiger partial charge in [-0.25, -0.2) is 13.4 Å². The standard InChI is InChI=1S/C19H26N4O3S/c1-4-16-20-18(22-21-16)13-8-10-23(11-9-13)27(24,25)15-7-5-6-14-12-19(2,3)26-17(14)15/h5-7,13H,4,8-12H2,1-3H3,(H,20,21,22). The molecule has 4 rings (SSSR count). The quantitative estimate of drug-likeness (QED) is 0.867. The Balaban J connectivity index is 1.53. The highest BCUT2D eigenvalue weighted by atomic mass is 32.2. The monoisotopic (exact) mass is 390 g/mol. The largest absolute Gasteiger partial charge is 0.486 e. The molecular weight excluding hydrogens is 364 g/mol. The lowest BCUT2D eigenvalue weighted by Crippen LogP contribution is -2.38. The van der Waals surface area contributed by atoms with Crippen LogP contribution in [0.2, 0.25) is 0 Å². The minimum absolute atomic E-state index is 0.199. The molecule has 0 atom stereocenters. The molecule has 0 bridgehead atoms. The number of H-pyrrole nitrogens is 1. The molecule has 0 unspecified atom stereocenters. The van der Waals surface area contributed by atoms with Crippen LogP contribution in [0.25, 0.3) is 0 Å². The molecule has 1 fully saturated rings. The van der Waals surface area contributed by atoms with Gasteiger partial charge in [0, 0.05) is 31.8 Å². The third kappa shape index (κ3) is 3.36. The number of fused-ring (bicyclic) bond motifs is 1. The molecule has 27 heavy (non-hydrogen) atoms. The van der Waals surface area contributed by atoms with E-state index in [0.29, 0.717) is 18.8 Å². The second-order valence-electron chi connectivity index (χ2n) is 7.96. The average molecular weight is 391 g/mol. The van der Waals surface area contributed by atoms with Crippen molar-refractivity contribution in [1.29, 1.82) is 0 Å². The molecule has 1 aromatic carbocycles. The van der Waals surface area contributed by atoms with Crippen LogP contribution < -0.4 is 4.74 Å². The summed E-state index contributed by atoms with van der Waals surface area (Å²) in [6.07, 6.45) is 2.98. The van der Waals surface area contributed by atoms with Crippen LogP contribution in [0.15, 0.2) is 23.1 Å². The van der Waals surface area contributed by atoms with Gasteiger partial charge in [0.15, 0.2) is 5.82 Å². The van der Waals surface area contributed by atoms with E-state index in [-0.39, 0.29) is 16.4 Å². The first-order chi connectivity index (χ1) is 12.8. The number of piperidine rings is 1. The van der Waals surface area contributed by atoms with Crippen molar-refractivity contribution in [1.82, 2.24) is 19.5 Å². The van der Waals surface area contributed by atoms with Crippen molar-refractivity contribution in [2.24, 2.45) is 0 Å². The van der Waals surface area contributed by atoms with Crippen molar-refractivity contribution in [3.05, 3.63) is 35.4 Å². The van der Waals surface area contributed by atoms with Crippen molar-refractivity contribution >= 4 is 10.0 Å². The molecule has 0 radical (unpaired) electrons. The summed E-state index contributed by atoms with van der Waals surface area (Å²) in [5.74, 6) is 2.39. The number of nitrogens with zero attached hydrogens (tertiary/aromatic N) is 3. The fraction of sp³-hybridized carbons (Fsp3) is 0.579. The second-order valence-corrected chi connectivity index (χ2v) is 9.86. The van der Waals surface area contributed by atoms with Gasteiger partial charge in [0.1, 0.15) is 22.1 Å². The molecule has 0 aliphatic carbocycles. The molecule has 0 spiro atoms. The summed E-state index contributed by atoms with van der Waals surface area (Å²) < 4.78 is 34.1. The van der Waals surface area contributed by atoms with Gasteiger partial charge in [0.05, 0.1) is 0 Å². The van der Waals surface area contributed by atoms with Crippen molar-refractivity contribution in [3.8, 4) is 5.75 Å². The zero-order valence-corrected chi connectivity index (χ0v) is 16.8. The predicted molar refractivity (Wildman–Crippen MR) is 101 cm³/mol. The molecule has 1 aromatic heterocycles. The van der Waals surface area contributed by atoms with Gasteiger partial charge in [0.2, 0.25) is 10.0 Å². The van der Waals surface area contributed by atoms with Gasteiger partial charge in [-0.3, -0.25) is 5.10 Å². The van der Waals surface area contributed by atoms with Gasteiger partial charge in [0.25, 0.3) is 0 Å². The number of aryl methyl sites for hydroxylation is 1. The lowest BCUT2D eigenvalue weighted by atomic mass is 9.97. The molecule has 2 aromatic rings. The molecule has 0 amide bonds. The number of ether oxygens (including phenoxy) is 1. The highest BCUT2D eigenvalue weighted by Gasteiger charge is 2.38. The smallest absolute Gasteiger partial charge is 0.246 e. The maximum absolute atomic E-state index is 13.3. The summed E-state index contributed by atoms with van der Waals surface area (Å²) >= 11 is 0. The molecule has 2 aliphatic rings. The van der Waals surface area contributed by atoms with E-state index in [1.54, 1.807) is 10.4 Å². The normalized spacial score (nSPS) is 20.4. The molecule has 8 heteroatoms. The first-order valence-corrected chi connectivity index (χ1v) is 11.0. The van der Waals surface area contributed by atoms with Gasteiger partial charge >= 0.3 is 0 Å². The maximum atomic E-state index is 13.3. The summed E-state index contributed by atoms with van der Waals surface area (Å²) in [4.78, 5) is 4.79. The number of aromatic amines is 1. The van der Waals surface area contributed by atoms with Crippen molar-refractivity contribution < 1.29 is 13.2 Å². The predicted octanol–water partition coefficient (Wildman–Crippen LogP) is 2.65. The maximum Gasteiger partial charge on any atom is 0.246 e. The van der Waals surface area contributed by atoms with E-state index >= 15 is 0 Å². The number of nitrogens with one attached hydrogen (secondary N) is 1. The topological polar surface area (TPSA) is 88.2 Å². The number of para-hydroxylation sites is 1. The van der Waals surface area contributed by atoms with Gasteiger partial charge in [-0.05, 0) is 38.3 Å². The van der Waals surface area contributed by atoms with Crippen LogP contribution >= 0.6 is 0 Å². The Hall–Kier alpha value is -1.93. The molecule has 0 saturated carbocycles. The van der Waals surface area contributed by atoms with Crippen LogP contribution in [0.3, 0.4) is 0 Å². The zero-order chi connectivity index (χ0) is 19.2. The zero-order valence-electron chi connectivity index (χ0n) is 16.0. The highest BCUT2D eigenvalue weighted by molar-refractivity contribution is 7.89. The number of hydrogen-bond acceptors (Lipinski definition) is 5. The lowest BCUT2D eigenvalue weighted by Gasteiger charge is -2.30. The number of aromatic nitrogens is 3. The highest BCUT2D eigenvalue weighted by Crippen LogP contribution is 2.41. The SMILES string of the molecule is CCc1nc(C2CCN(S(=O)(=O)c3cccc4c3OC(C)(C)C4)CC2)n[nH]1. The van der Waals surface area contributed by atoms with Crippen molar-refractivity contribution in [2.75, 3.05) is 13.1 Å². The average Bonchev–Trinajstić information content (AvgIpc) is 3.23. The summed E-state index contributed by atoms with van der Waals surface area (Å²) in [5, 5.41) is 7.24. The number of rotatable bonds is 4. The summed E-state index contributed by atoms with van der Waals surface area (Å²) in [6.45, 7) is 6.93. The van der Waals surface area contributed by atoms with Crippen LogP contribution in [0.1, 0.15) is 56.7 Å². The Morgan fingerprint density at radius 2 is 2.04 bits per heavy atom. The van der Waals surface area contributed by atoms with E-state index in [4.69, 9.17) is 4.74 Å². The summed E-state index contributed by atoms with van der Waals surface area (Å²) in [6, 6.07) is 5.41. The number of hydrogen-bond donors (Lipinski definition) is 1. The van der Waals surface area contributed by atoms with Gasteiger partial charge in [-0.15, -0.1) is 0 Å². The minimum Gasteiger partial charge on any atom is -0.486 e. The molecule has 3 heterocycles. The van der Waals surface area contributed by atoms with Crippen molar-refractivity contribution in [2.45, 2.75) is 62.9 Å². The Morgan fingerprint density at radius 3 is 2.70 bits per heavy atom. The lowest BCUT2D eigenvalue weighted by molar-refractivity contribution is 0.134.